The van der Waals surface area contributed by atoms with E-state index < -0.39 is 12.1 Å². The number of piperidine rings is 1. The Labute approximate surface area is 126 Å². The van der Waals surface area contributed by atoms with Crippen LogP contribution in [0.5, 0.6) is 0 Å². The largest absolute Gasteiger partial charge is 0.460 e. The minimum atomic E-state index is -1.20. The summed E-state index contributed by atoms with van der Waals surface area (Å²) in [4.78, 5) is 14.4. The van der Waals surface area contributed by atoms with Gasteiger partial charge in [0.05, 0.1) is 0 Å². The van der Waals surface area contributed by atoms with Crippen LogP contribution in [0, 0.1) is 0 Å². The fourth-order valence-corrected chi connectivity index (χ4v) is 3.01. The summed E-state index contributed by atoms with van der Waals surface area (Å²) in [7, 11) is 2.10. The van der Waals surface area contributed by atoms with E-state index in [1.807, 2.05) is 6.07 Å². The average molecular weight is 291 g/mol. The summed E-state index contributed by atoms with van der Waals surface area (Å²) in [5, 5.41) is 10.1. The van der Waals surface area contributed by atoms with Gasteiger partial charge in [0.25, 0.3) is 0 Å². The number of esters is 1. The minimum Gasteiger partial charge on any atom is -0.460 e. The molecule has 0 bridgehead atoms. The Balaban J connectivity index is 2.00. The zero-order valence-electron chi connectivity index (χ0n) is 13.2. The van der Waals surface area contributed by atoms with Crippen molar-refractivity contribution in [3.8, 4) is 0 Å². The Morgan fingerprint density at radius 3 is 2.57 bits per heavy atom. The summed E-state index contributed by atoms with van der Waals surface area (Å²) in [6.07, 6.45) is 0.232. The Hall–Kier alpha value is -1.39. The van der Waals surface area contributed by atoms with Gasteiger partial charge in [-0.25, -0.2) is 4.79 Å². The van der Waals surface area contributed by atoms with Crippen LogP contribution in [0.1, 0.15) is 45.3 Å². The number of hydrogen-bond acceptors (Lipinski definition) is 4. The molecule has 1 aromatic carbocycles. The number of benzene rings is 1. The zero-order chi connectivity index (χ0) is 15.6. The molecule has 0 radical (unpaired) electrons. The van der Waals surface area contributed by atoms with Gasteiger partial charge in [-0.05, 0) is 39.8 Å². The molecule has 0 saturated carbocycles. The summed E-state index contributed by atoms with van der Waals surface area (Å²) in [6.45, 7) is 6.43. The molecule has 1 aliphatic rings. The molecule has 0 aromatic heterocycles. The van der Waals surface area contributed by atoms with Crippen molar-refractivity contribution in [3.05, 3.63) is 35.9 Å². The van der Waals surface area contributed by atoms with E-state index in [1.54, 1.807) is 24.3 Å². The first-order valence-electron chi connectivity index (χ1n) is 7.47. The molecule has 4 nitrogen and oxygen atoms in total. The van der Waals surface area contributed by atoms with Gasteiger partial charge >= 0.3 is 5.97 Å². The molecule has 116 valence electrons. The number of aliphatic hydroxyl groups is 1. The fourth-order valence-electron chi connectivity index (χ4n) is 3.01. The third-order valence-corrected chi connectivity index (χ3v) is 4.57. The third-order valence-electron chi connectivity index (χ3n) is 4.57. The van der Waals surface area contributed by atoms with Crippen molar-refractivity contribution < 1.29 is 14.6 Å². The second-order valence-corrected chi connectivity index (χ2v) is 6.58. The van der Waals surface area contributed by atoms with Crippen LogP contribution in [-0.4, -0.2) is 40.7 Å². The quantitative estimate of drug-likeness (QED) is 0.869. The number of hydrogen-bond donors (Lipinski definition) is 1. The number of carbonyl (C=O) groups is 1. The molecule has 1 fully saturated rings. The monoisotopic (exact) mass is 291 g/mol. The lowest BCUT2D eigenvalue weighted by atomic mass is 9.85. The van der Waals surface area contributed by atoms with Gasteiger partial charge in [-0.15, -0.1) is 0 Å². The molecule has 0 spiro atoms. The first-order chi connectivity index (χ1) is 9.81. The van der Waals surface area contributed by atoms with Crippen molar-refractivity contribution in [2.24, 2.45) is 0 Å². The summed E-state index contributed by atoms with van der Waals surface area (Å²) >= 11 is 0. The van der Waals surface area contributed by atoms with E-state index in [4.69, 9.17) is 4.74 Å². The summed E-state index contributed by atoms with van der Waals surface area (Å²) in [5.41, 5.74) is 0.558. The van der Waals surface area contributed by atoms with Gasteiger partial charge in [0.2, 0.25) is 0 Å². The number of nitrogens with zero attached hydrogens (tertiary/aromatic N) is 1. The van der Waals surface area contributed by atoms with Gasteiger partial charge in [0, 0.05) is 18.0 Å². The van der Waals surface area contributed by atoms with Gasteiger partial charge in [-0.1, -0.05) is 30.3 Å². The van der Waals surface area contributed by atoms with Crippen molar-refractivity contribution >= 4 is 5.97 Å². The molecule has 4 heteroatoms. The maximum Gasteiger partial charge on any atom is 0.339 e. The Morgan fingerprint density at radius 1 is 1.38 bits per heavy atom. The molecule has 1 aliphatic heterocycles. The summed E-state index contributed by atoms with van der Waals surface area (Å²) in [6, 6.07) is 9.25. The molecule has 1 N–H and O–H groups in total. The van der Waals surface area contributed by atoms with E-state index in [-0.39, 0.29) is 11.6 Å². The molecular weight excluding hydrogens is 266 g/mol. The van der Waals surface area contributed by atoms with E-state index in [9.17, 15) is 9.90 Å². The summed E-state index contributed by atoms with van der Waals surface area (Å²) < 4.78 is 5.55. The van der Waals surface area contributed by atoms with Crippen molar-refractivity contribution in [1.29, 1.82) is 0 Å². The first-order valence-corrected chi connectivity index (χ1v) is 7.47. The maximum absolute atomic E-state index is 12.1. The predicted octanol–water partition coefficient (Wildman–Crippen LogP) is 2.52. The molecular formula is C17H25NO3. The highest BCUT2D eigenvalue weighted by atomic mass is 16.6. The molecule has 0 aliphatic carbocycles. The molecule has 3 atom stereocenters. The van der Waals surface area contributed by atoms with Crippen LogP contribution in [0.2, 0.25) is 0 Å². The highest BCUT2D eigenvalue weighted by Crippen LogP contribution is 2.32. The number of likely N-dealkylation sites (tertiary alicyclic amines) is 1. The molecule has 1 saturated heterocycles. The van der Waals surface area contributed by atoms with Gasteiger partial charge in [-0.2, -0.15) is 0 Å². The van der Waals surface area contributed by atoms with E-state index >= 15 is 0 Å². The lowest BCUT2D eigenvalue weighted by Gasteiger charge is -2.47. The van der Waals surface area contributed by atoms with Gasteiger partial charge in [0.15, 0.2) is 6.10 Å². The normalized spacial score (nSPS) is 27.1. The van der Waals surface area contributed by atoms with Crippen molar-refractivity contribution in [2.45, 2.75) is 57.4 Å². The predicted molar refractivity (Wildman–Crippen MR) is 81.8 cm³/mol. The third kappa shape index (κ3) is 3.63. The molecule has 2 rings (SSSR count). The molecule has 1 aromatic rings. The number of ether oxygens (including phenoxy) is 1. The smallest absolute Gasteiger partial charge is 0.339 e. The Bertz CT molecular complexity index is 486. The molecule has 0 unspecified atom stereocenters. The van der Waals surface area contributed by atoms with Gasteiger partial charge in [-0.3, -0.25) is 4.90 Å². The van der Waals surface area contributed by atoms with Crippen LogP contribution < -0.4 is 0 Å². The lowest BCUT2D eigenvalue weighted by Crippen LogP contribution is -2.54. The Morgan fingerprint density at radius 2 is 2.00 bits per heavy atom. The summed E-state index contributed by atoms with van der Waals surface area (Å²) in [5.74, 6) is -0.557. The zero-order valence-corrected chi connectivity index (χ0v) is 13.2. The standard InChI is InChI=1S/C17H25NO3/c1-12-10-14(11-17(2,3)18(12)4)21-16(20)15(19)13-8-6-5-7-9-13/h5-9,12,14-15,19H,10-11H2,1-4H3/t12-,14-,15+/m1/s1. The average Bonchev–Trinajstić information content (AvgIpc) is 2.44. The van der Waals surface area contributed by atoms with E-state index in [2.05, 4.69) is 32.7 Å². The number of carbonyl (C=O) groups excluding carboxylic acids is 1. The lowest BCUT2D eigenvalue weighted by molar-refractivity contribution is -0.165. The number of rotatable bonds is 3. The van der Waals surface area contributed by atoms with Crippen LogP contribution in [0.25, 0.3) is 0 Å². The van der Waals surface area contributed by atoms with Crippen LogP contribution in [0.4, 0.5) is 0 Å². The van der Waals surface area contributed by atoms with Crippen LogP contribution >= 0.6 is 0 Å². The molecule has 1 heterocycles. The van der Waals surface area contributed by atoms with Crippen molar-refractivity contribution in [3.63, 3.8) is 0 Å². The Kier molecular flexibility index (Phi) is 4.69. The van der Waals surface area contributed by atoms with Crippen LogP contribution in [0.3, 0.4) is 0 Å². The number of aliphatic hydroxyl groups excluding tert-OH is 1. The van der Waals surface area contributed by atoms with Crippen LogP contribution in [-0.2, 0) is 9.53 Å². The van der Waals surface area contributed by atoms with Crippen molar-refractivity contribution in [1.82, 2.24) is 4.90 Å². The molecule has 21 heavy (non-hydrogen) atoms. The van der Waals surface area contributed by atoms with E-state index in [0.29, 0.717) is 11.6 Å². The second-order valence-electron chi connectivity index (χ2n) is 6.58. The minimum absolute atomic E-state index is 0.0136. The molecule has 0 amide bonds. The maximum atomic E-state index is 12.1. The van der Waals surface area contributed by atoms with E-state index in [1.165, 1.54) is 0 Å². The van der Waals surface area contributed by atoms with Gasteiger partial charge in [0.1, 0.15) is 6.10 Å². The van der Waals surface area contributed by atoms with E-state index in [0.717, 1.165) is 12.8 Å². The highest BCUT2D eigenvalue weighted by Gasteiger charge is 2.38. The van der Waals surface area contributed by atoms with Crippen molar-refractivity contribution in [2.75, 3.05) is 7.05 Å². The first kappa shape index (κ1) is 16.0. The highest BCUT2D eigenvalue weighted by molar-refractivity contribution is 5.76. The topological polar surface area (TPSA) is 49.8 Å². The fraction of sp³-hybridized carbons (Fsp3) is 0.588. The second kappa shape index (κ2) is 6.16. The van der Waals surface area contributed by atoms with Gasteiger partial charge < -0.3 is 9.84 Å². The SMILES string of the molecule is C[C@@H]1C[C@@H](OC(=O)[C@@H](O)c2ccccc2)CC(C)(C)N1C. The van der Waals surface area contributed by atoms with Crippen LogP contribution in [0.15, 0.2) is 30.3 Å².